The van der Waals surface area contributed by atoms with E-state index < -0.39 is 0 Å². The second-order valence-corrected chi connectivity index (χ2v) is 0. The summed E-state index contributed by atoms with van der Waals surface area (Å²) in [6.45, 7) is 0. The molecule has 0 nitrogen and oxygen atoms in total. The van der Waals surface area contributed by atoms with E-state index in [1.165, 1.54) is 0 Å². The van der Waals surface area contributed by atoms with Gasteiger partial charge in [-0.2, -0.15) is 0 Å². The van der Waals surface area contributed by atoms with Gasteiger partial charge in [0.05, 0.1) is 0 Å². The fourth-order valence-corrected chi connectivity index (χ4v) is 0. The maximum absolute atomic E-state index is 0. The minimum absolute atomic E-state index is 0. The van der Waals surface area contributed by atoms with Crippen molar-refractivity contribution < 1.29 is 20.1 Å². The van der Waals surface area contributed by atoms with Crippen molar-refractivity contribution in [3.63, 3.8) is 0 Å². The predicted molar refractivity (Wildman–Crippen MR) is 31.0 cm³/mol. The quantitative estimate of drug-likeness (QED) is 0.545. The number of rotatable bonds is 0. The van der Waals surface area contributed by atoms with E-state index in [1.54, 1.807) is 0 Å². The van der Waals surface area contributed by atoms with E-state index in [1.807, 2.05) is 0 Å². The Morgan fingerprint density at radius 2 is 0.500 bits per heavy atom. The van der Waals surface area contributed by atoms with Gasteiger partial charge in [0.2, 0.25) is 0 Å². The van der Waals surface area contributed by atoms with E-state index in [9.17, 15) is 0 Å². The summed E-state index contributed by atoms with van der Waals surface area (Å²) in [7, 11) is 0. The fourth-order valence-electron chi connectivity index (χ4n) is 0. The van der Waals surface area contributed by atoms with Crippen LogP contribution in [0.1, 0.15) is 0 Å². The molecule has 0 aromatic heterocycles. The third kappa shape index (κ3) is 8.94. The van der Waals surface area contributed by atoms with E-state index in [0.29, 0.717) is 0 Å². The van der Waals surface area contributed by atoms with Gasteiger partial charge in [0.15, 0.2) is 0 Å². The molecule has 0 unspecified atom stereocenters. The van der Waals surface area contributed by atoms with Gasteiger partial charge in [0.25, 0.3) is 0 Å². The van der Waals surface area contributed by atoms with Gasteiger partial charge >= 0.3 is 0 Å². The summed E-state index contributed by atoms with van der Waals surface area (Å²) in [6.07, 6.45) is 0. The van der Waals surface area contributed by atoms with Gasteiger partial charge in [-0.15, -0.1) is 50.9 Å². The first-order chi connectivity index (χ1) is 0. The van der Waals surface area contributed by atoms with Crippen molar-refractivity contribution in [3.8, 4) is 0 Å². The van der Waals surface area contributed by atoms with Crippen LogP contribution in [0.15, 0.2) is 0 Å². The molecule has 33 valence electrons. The molecule has 0 amide bonds. The van der Waals surface area contributed by atoms with E-state index in [2.05, 4.69) is 0 Å². The number of halogens is 3. The second-order valence-electron chi connectivity index (χ2n) is 0. The molecule has 0 aliphatic rings. The van der Waals surface area contributed by atoms with Crippen molar-refractivity contribution >= 4 is 50.9 Å². The molecule has 0 N–H and O–H groups in total. The summed E-state index contributed by atoms with van der Waals surface area (Å²) in [5.41, 5.74) is 0. The monoisotopic (exact) mass is 433 g/mol. The molecule has 0 heterocycles. The molecule has 0 atom stereocenters. The van der Waals surface area contributed by atoms with Crippen LogP contribution in [0, 0.1) is 0 Å². The molecule has 0 aromatic rings. The topological polar surface area (TPSA) is 0 Å². The van der Waals surface area contributed by atoms with Gasteiger partial charge in [0, 0.05) is 20.1 Å². The summed E-state index contributed by atoms with van der Waals surface area (Å²) >= 11 is 0. The minimum Gasteiger partial charge on any atom is -0.114 e. The van der Waals surface area contributed by atoms with Crippen molar-refractivity contribution in [2.24, 2.45) is 0 Å². The van der Waals surface area contributed by atoms with E-state index in [0.717, 1.165) is 0 Å². The molecular formula is H3Br3Ir. The minimum atomic E-state index is 0. The maximum Gasteiger partial charge on any atom is 0 e. The Balaban J connectivity index is 0. The molecule has 1 radical (unpaired) electrons. The third-order valence-corrected chi connectivity index (χ3v) is 0. The molecule has 0 rings (SSSR count). The number of hydrogen-bond donors (Lipinski definition) is 0. The Bertz CT molecular complexity index is 3.25. The Morgan fingerprint density at radius 3 is 0.500 bits per heavy atom. The van der Waals surface area contributed by atoms with Gasteiger partial charge in [-0.1, -0.05) is 0 Å². The zero-order valence-electron chi connectivity index (χ0n) is 1.56. The van der Waals surface area contributed by atoms with Crippen molar-refractivity contribution in [1.82, 2.24) is 0 Å². The van der Waals surface area contributed by atoms with E-state index in [-0.39, 0.29) is 71.0 Å². The summed E-state index contributed by atoms with van der Waals surface area (Å²) in [5.74, 6) is 0. The van der Waals surface area contributed by atoms with Crippen molar-refractivity contribution in [1.29, 1.82) is 0 Å². The third-order valence-electron chi connectivity index (χ3n) is 0. The van der Waals surface area contributed by atoms with Crippen LogP contribution in [-0.4, -0.2) is 0 Å². The van der Waals surface area contributed by atoms with Crippen LogP contribution in [0.25, 0.3) is 0 Å². The fraction of sp³-hybridized carbons (Fsp3) is 0. The van der Waals surface area contributed by atoms with Gasteiger partial charge in [0.1, 0.15) is 0 Å². The van der Waals surface area contributed by atoms with Crippen LogP contribution < -0.4 is 0 Å². The molecule has 0 spiro atoms. The Morgan fingerprint density at radius 1 is 0.500 bits per heavy atom. The maximum atomic E-state index is 0. The van der Waals surface area contributed by atoms with Crippen LogP contribution >= 0.6 is 50.9 Å². The summed E-state index contributed by atoms with van der Waals surface area (Å²) in [4.78, 5) is 0. The number of hydrogen-bond acceptors (Lipinski definition) is 0. The summed E-state index contributed by atoms with van der Waals surface area (Å²) in [6, 6.07) is 0. The Kier molecular flexibility index (Phi) is 176. The van der Waals surface area contributed by atoms with Crippen LogP contribution in [-0.2, 0) is 20.1 Å². The first kappa shape index (κ1) is 36.1. The van der Waals surface area contributed by atoms with Crippen molar-refractivity contribution in [2.75, 3.05) is 0 Å². The molecule has 0 aliphatic carbocycles. The first-order valence-electron chi connectivity index (χ1n) is 0. The normalized spacial score (nSPS) is 0. The van der Waals surface area contributed by atoms with E-state index >= 15 is 0 Å². The van der Waals surface area contributed by atoms with Crippen LogP contribution in [0.2, 0.25) is 0 Å². The zero-order chi connectivity index (χ0) is 0. The summed E-state index contributed by atoms with van der Waals surface area (Å²) in [5, 5.41) is 0. The average molecular weight is 435 g/mol. The van der Waals surface area contributed by atoms with Gasteiger partial charge in [-0.05, 0) is 0 Å². The largest absolute Gasteiger partial charge is 0.114 e. The van der Waals surface area contributed by atoms with Crippen molar-refractivity contribution in [3.05, 3.63) is 0 Å². The molecule has 0 fully saturated rings. The van der Waals surface area contributed by atoms with Gasteiger partial charge < -0.3 is 0 Å². The standard InChI is InChI=1S/3BrH.Ir/h3*1H;. The van der Waals surface area contributed by atoms with Crippen molar-refractivity contribution in [2.45, 2.75) is 0 Å². The van der Waals surface area contributed by atoms with Gasteiger partial charge in [-0.25, -0.2) is 0 Å². The second kappa shape index (κ2) is 19.5. The average Bonchev–Trinajstić information content (AvgIpc) is 0. The van der Waals surface area contributed by atoms with E-state index in [4.69, 9.17) is 0 Å². The molecule has 0 aromatic carbocycles. The van der Waals surface area contributed by atoms with Crippen LogP contribution in [0.5, 0.6) is 0 Å². The predicted octanol–water partition coefficient (Wildman–Crippen LogP) is 1.73. The van der Waals surface area contributed by atoms with Gasteiger partial charge in [-0.3, -0.25) is 0 Å². The Hall–Kier alpha value is 2.09. The molecule has 0 aliphatic heterocycles. The molecule has 0 bridgehead atoms. The molecule has 0 saturated carbocycles. The summed E-state index contributed by atoms with van der Waals surface area (Å²) < 4.78 is 0. The smallest absolute Gasteiger partial charge is 0 e. The Labute approximate surface area is 70.4 Å². The molecule has 4 heteroatoms. The first-order valence-corrected chi connectivity index (χ1v) is 0. The van der Waals surface area contributed by atoms with Crippen LogP contribution in [0.3, 0.4) is 0 Å². The molecular weight excluding hydrogens is 432 g/mol. The SMILES string of the molecule is Br.Br.Br.[Ir]. The van der Waals surface area contributed by atoms with Crippen LogP contribution in [0.4, 0.5) is 0 Å². The molecule has 4 heavy (non-hydrogen) atoms. The molecule has 0 saturated heterocycles. The zero-order valence-corrected chi connectivity index (χ0v) is 9.09.